The van der Waals surface area contributed by atoms with E-state index in [0.717, 1.165) is 35.7 Å². The van der Waals surface area contributed by atoms with Crippen molar-refractivity contribution in [3.05, 3.63) is 82.1 Å². The summed E-state index contributed by atoms with van der Waals surface area (Å²) in [5.41, 5.74) is 3.63. The molecular formula is C23H24ClN3O3. The van der Waals surface area contributed by atoms with Crippen LogP contribution in [0, 0.1) is 0 Å². The summed E-state index contributed by atoms with van der Waals surface area (Å²) in [5.74, 6) is 1.04. The molecule has 3 aromatic rings. The van der Waals surface area contributed by atoms with Gasteiger partial charge in [-0.1, -0.05) is 23.7 Å². The van der Waals surface area contributed by atoms with Crippen molar-refractivity contribution >= 4 is 17.5 Å². The first-order valence-electron chi connectivity index (χ1n) is 9.92. The van der Waals surface area contributed by atoms with Crippen molar-refractivity contribution in [2.75, 3.05) is 20.2 Å². The number of ether oxygens (including phenoxy) is 2. The number of nitrogens with zero attached hydrogens (tertiary/aromatic N) is 2. The second-order valence-corrected chi connectivity index (χ2v) is 7.86. The van der Waals surface area contributed by atoms with Crippen LogP contribution in [0.3, 0.4) is 0 Å². The quantitative estimate of drug-likeness (QED) is 0.608. The number of carbonyl (C=O) groups is 1. The summed E-state index contributed by atoms with van der Waals surface area (Å²) in [6, 6.07) is 16.9. The summed E-state index contributed by atoms with van der Waals surface area (Å²) in [4.78, 5) is 14.7. The van der Waals surface area contributed by atoms with Crippen molar-refractivity contribution in [1.29, 1.82) is 0 Å². The molecule has 4 rings (SSSR count). The Hall–Kier alpha value is -2.83. The molecule has 2 aromatic carbocycles. The number of aromatic nitrogens is 2. The van der Waals surface area contributed by atoms with Gasteiger partial charge in [-0.2, -0.15) is 5.10 Å². The van der Waals surface area contributed by atoms with Crippen LogP contribution < -0.4 is 4.74 Å². The molecule has 1 N–H and O–H groups in total. The Bertz CT molecular complexity index is 986. The number of methoxy groups -OCH3 is 1. The van der Waals surface area contributed by atoms with Crippen LogP contribution in [0.25, 0.3) is 0 Å². The average molecular weight is 426 g/mol. The molecule has 1 aliphatic rings. The molecule has 30 heavy (non-hydrogen) atoms. The summed E-state index contributed by atoms with van der Waals surface area (Å²) < 4.78 is 10.9. The standard InChI is InChI=1S/C23H24ClN3O3/c1-29-14-16-2-4-17(5-3-16)23(28)27-11-10-18(13-27)22-12-20(25-26-22)15-30-21-8-6-19(24)7-9-21/h2-9,12,18H,10-11,13-15H2,1H3,(H,25,26)/t18-/m0/s1. The molecule has 7 heteroatoms. The van der Waals surface area contributed by atoms with Crippen LogP contribution in [0.5, 0.6) is 5.75 Å². The van der Waals surface area contributed by atoms with E-state index in [4.69, 9.17) is 21.1 Å². The SMILES string of the molecule is COCc1ccc(C(=O)N2CC[C@H](c3cc(COc4ccc(Cl)cc4)[nH]n3)C2)cc1. The van der Waals surface area contributed by atoms with Gasteiger partial charge in [-0.3, -0.25) is 9.89 Å². The van der Waals surface area contributed by atoms with Crippen LogP contribution in [0.15, 0.2) is 54.6 Å². The number of hydrogen-bond acceptors (Lipinski definition) is 4. The van der Waals surface area contributed by atoms with E-state index in [1.807, 2.05) is 47.4 Å². The lowest BCUT2D eigenvalue weighted by Gasteiger charge is -2.16. The summed E-state index contributed by atoms with van der Waals surface area (Å²) in [6.45, 7) is 2.34. The first kappa shape index (κ1) is 20.4. The zero-order valence-electron chi connectivity index (χ0n) is 16.8. The lowest BCUT2D eigenvalue weighted by Crippen LogP contribution is -2.28. The molecule has 1 saturated heterocycles. The van der Waals surface area contributed by atoms with Crippen LogP contribution in [-0.2, 0) is 18.0 Å². The number of H-pyrrole nitrogens is 1. The zero-order chi connectivity index (χ0) is 20.9. The normalized spacial score (nSPS) is 16.1. The molecule has 0 saturated carbocycles. The minimum Gasteiger partial charge on any atom is -0.487 e. The second-order valence-electron chi connectivity index (χ2n) is 7.43. The third kappa shape index (κ3) is 4.83. The number of amides is 1. The monoisotopic (exact) mass is 425 g/mol. The number of aromatic amines is 1. The highest BCUT2D eigenvalue weighted by Crippen LogP contribution is 2.28. The van der Waals surface area contributed by atoms with Gasteiger partial charge in [-0.05, 0) is 54.4 Å². The van der Waals surface area contributed by atoms with Gasteiger partial charge in [0.2, 0.25) is 0 Å². The number of nitrogens with one attached hydrogen (secondary N) is 1. The van der Waals surface area contributed by atoms with Gasteiger partial charge in [0, 0.05) is 36.7 Å². The van der Waals surface area contributed by atoms with Crippen LogP contribution in [0.4, 0.5) is 0 Å². The molecule has 0 spiro atoms. The minimum atomic E-state index is 0.0586. The lowest BCUT2D eigenvalue weighted by molar-refractivity contribution is 0.0790. The molecule has 0 bridgehead atoms. The molecule has 1 amide bonds. The van der Waals surface area contributed by atoms with Crippen LogP contribution in [-0.4, -0.2) is 41.2 Å². The topological polar surface area (TPSA) is 67.4 Å². The van der Waals surface area contributed by atoms with E-state index in [-0.39, 0.29) is 11.8 Å². The smallest absolute Gasteiger partial charge is 0.253 e. The molecule has 156 valence electrons. The highest BCUT2D eigenvalue weighted by molar-refractivity contribution is 6.30. The highest BCUT2D eigenvalue weighted by atomic mass is 35.5. The van der Waals surface area contributed by atoms with Gasteiger partial charge in [0.1, 0.15) is 12.4 Å². The first-order valence-corrected chi connectivity index (χ1v) is 10.3. The second kappa shape index (κ2) is 9.32. The number of likely N-dealkylation sites (tertiary alicyclic amines) is 1. The lowest BCUT2D eigenvalue weighted by atomic mass is 10.1. The number of benzene rings is 2. The third-order valence-corrected chi connectivity index (χ3v) is 5.52. The predicted molar refractivity (Wildman–Crippen MR) is 115 cm³/mol. The Labute approximate surface area is 180 Å². The molecule has 2 heterocycles. The Kier molecular flexibility index (Phi) is 6.35. The minimum absolute atomic E-state index is 0.0586. The third-order valence-electron chi connectivity index (χ3n) is 5.26. The maximum atomic E-state index is 12.8. The molecular weight excluding hydrogens is 402 g/mol. The Morgan fingerprint density at radius 3 is 2.67 bits per heavy atom. The van der Waals surface area contributed by atoms with Gasteiger partial charge in [-0.15, -0.1) is 0 Å². The summed E-state index contributed by atoms with van der Waals surface area (Å²) in [7, 11) is 1.66. The Morgan fingerprint density at radius 2 is 1.93 bits per heavy atom. The highest BCUT2D eigenvalue weighted by Gasteiger charge is 2.29. The molecule has 0 unspecified atom stereocenters. The molecule has 6 nitrogen and oxygen atoms in total. The summed E-state index contributed by atoms with van der Waals surface area (Å²) in [5, 5.41) is 8.17. The van der Waals surface area contributed by atoms with E-state index in [2.05, 4.69) is 10.2 Å². The van der Waals surface area contributed by atoms with Gasteiger partial charge < -0.3 is 14.4 Å². The van der Waals surface area contributed by atoms with Crippen molar-refractivity contribution in [2.45, 2.75) is 25.6 Å². The van der Waals surface area contributed by atoms with E-state index < -0.39 is 0 Å². The molecule has 0 aliphatic carbocycles. The molecule has 1 aliphatic heterocycles. The molecule has 1 atom stereocenters. The molecule has 0 radical (unpaired) electrons. The van der Waals surface area contributed by atoms with Crippen molar-refractivity contribution < 1.29 is 14.3 Å². The van der Waals surface area contributed by atoms with Crippen molar-refractivity contribution in [1.82, 2.24) is 15.1 Å². The van der Waals surface area contributed by atoms with E-state index in [0.29, 0.717) is 30.3 Å². The molecule has 1 aromatic heterocycles. The maximum Gasteiger partial charge on any atom is 0.253 e. The number of halogens is 1. The fraction of sp³-hybridized carbons (Fsp3) is 0.304. The van der Waals surface area contributed by atoms with Crippen molar-refractivity contribution in [2.24, 2.45) is 0 Å². The number of hydrogen-bond donors (Lipinski definition) is 1. The number of carbonyl (C=O) groups excluding carboxylic acids is 1. The Balaban J connectivity index is 1.33. The Morgan fingerprint density at radius 1 is 1.17 bits per heavy atom. The molecule has 1 fully saturated rings. The fourth-order valence-electron chi connectivity index (χ4n) is 3.63. The summed E-state index contributed by atoms with van der Waals surface area (Å²) in [6.07, 6.45) is 0.899. The van der Waals surface area contributed by atoms with Crippen molar-refractivity contribution in [3.8, 4) is 5.75 Å². The van der Waals surface area contributed by atoms with E-state index >= 15 is 0 Å². The van der Waals surface area contributed by atoms with Crippen molar-refractivity contribution in [3.63, 3.8) is 0 Å². The predicted octanol–water partition coefficient (Wildman–Crippen LogP) is 4.42. The van der Waals surface area contributed by atoms with Crippen LogP contribution >= 0.6 is 11.6 Å². The largest absolute Gasteiger partial charge is 0.487 e. The van der Waals surface area contributed by atoms with Gasteiger partial charge in [0.05, 0.1) is 18.0 Å². The fourth-order valence-corrected chi connectivity index (χ4v) is 3.76. The van der Waals surface area contributed by atoms with Crippen LogP contribution in [0.1, 0.15) is 39.6 Å². The number of rotatable bonds is 7. The van der Waals surface area contributed by atoms with Gasteiger partial charge in [-0.25, -0.2) is 0 Å². The van der Waals surface area contributed by atoms with E-state index in [1.165, 1.54) is 0 Å². The average Bonchev–Trinajstić information content (AvgIpc) is 3.43. The van der Waals surface area contributed by atoms with Gasteiger partial charge in [0.25, 0.3) is 5.91 Å². The van der Waals surface area contributed by atoms with Crippen LogP contribution in [0.2, 0.25) is 5.02 Å². The van der Waals surface area contributed by atoms with Gasteiger partial charge in [0.15, 0.2) is 0 Å². The maximum absolute atomic E-state index is 12.8. The first-order chi connectivity index (χ1) is 14.6. The summed E-state index contributed by atoms with van der Waals surface area (Å²) >= 11 is 5.89. The van der Waals surface area contributed by atoms with E-state index in [1.54, 1.807) is 19.2 Å². The zero-order valence-corrected chi connectivity index (χ0v) is 17.6. The van der Waals surface area contributed by atoms with Gasteiger partial charge >= 0.3 is 0 Å². The van der Waals surface area contributed by atoms with E-state index in [9.17, 15) is 4.79 Å².